The molecule has 0 aliphatic carbocycles. The van der Waals surface area contributed by atoms with E-state index in [0.717, 1.165) is 12.1 Å². The van der Waals surface area contributed by atoms with E-state index >= 15 is 0 Å². The molecule has 0 radical (unpaired) electrons. The van der Waals surface area contributed by atoms with E-state index in [1.807, 2.05) is 20.8 Å². The third-order valence-electron chi connectivity index (χ3n) is 4.17. The first-order valence-electron chi connectivity index (χ1n) is 9.17. The second-order valence-corrected chi connectivity index (χ2v) is 7.90. The molecule has 1 aromatic heterocycles. The Morgan fingerprint density at radius 1 is 1.21 bits per heavy atom. The average Bonchev–Trinajstić information content (AvgIpc) is 2.59. The Morgan fingerprint density at radius 2 is 1.90 bits per heavy atom. The number of rotatable bonds is 6. The summed E-state index contributed by atoms with van der Waals surface area (Å²) in [7, 11) is 0. The normalized spacial score (nSPS) is 13.2. The second kappa shape index (κ2) is 8.90. The van der Waals surface area contributed by atoms with Crippen molar-refractivity contribution < 1.29 is 27.5 Å². The number of aryl methyl sites for hydroxylation is 1. The van der Waals surface area contributed by atoms with Crippen molar-refractivity contribution in [2.45, 2.75) is 57.9 Å². The summed E-state index contributed by atoms with van der Waals surface area (Å²) in [6, 6.07) is 5.40. The summed E-state index contributed by atoms with van der Waals surface area (Å²) in [4.78, 5) is 16.6. The van der Waals surface area contributed by atoms with Crippen LogP contribution in [0.5, 0.6) is 0 Å². The molecule has 1 unspecified atom stereocenters. The Labute approximate surface area is 167 Å². The monoisotopic (exact) mass is 412 g/mol. The minimum atomic E-state index is -4.57. The number of aromatic nitrogens is 1. The van der Waals surface area contributed by atoms with Gasteiger partial charge in [-0.15, -0.1) is 0 Å². The number of hydrogen-bond donors (Lipinski definition) is 2. The van der Waals surface area contributed by atoms with Gasteiger partial charge in [0, 0.05) is 18.2 Å². The van der Waals surface area contributed by atoms with Crippen LogP contribution in [-0.2, 0) is 19.0 Å². The average molecular weight is 412 g/mol. The van der Waals surface area contributed by atoms with Crippen LogP contribution in [0.3, 0.4) is 0 Å². The summed E-state index contributed by atoms with van der Waals surface area (Å²) in [5, 5.41) is 13.1. The number of benzene rings is 1. The molecule has 0 bridgehead atoms. The van der Waals surface area contributed by atoms with E-state index < -0.39 is 29.2 Å². The number of aliphatic hydroxyl groups excluding tert-OH is 1. The fourth-order valence-corrected chi connectivity index (χ4v) is 2.81. The maximum atomic E-state index is 13.8. The molecular weight excluding hydrogens is 388 g/mol. The fourth-order valence-electron chi connectivity index (χ4n) is 2.81. The third kappa shape index (κ3) is 6.81. The molecule has 0 saturated heterocycles. The zero-order chi connectivity index (χ0) is 21.8. The number of hydrogen-bond acceptors (Lipinski definition) is 3. The second-order valence-electron chi connectivity index (χ2n) is 7.90. The molecule has 1 amide bonds. The standard InChI is InChI=1S/C21H24F4N2O2/c1-20(2,3)27-19(29)16-5-4-10-26-18(16)12-15(28)8-6-13-11-14(21(23,24)25)7-9-17(13)22/h4-5,7,9-11,15,28H,6,8,12H2,1-3H3,(H,27,29). The first-order valence-corrected chi connectivity index (χ1v) is 9.17. The molecule has 0 saturated carbocycles. The molecule has 4 nitrogen and oxygen atoms in total. The van der Waals surface area contributed by atoms with E-state index in [2.05, 4.69) is 10.3 Å². The van der Waals surface area contributed by atoms with Crippen LogP contribution in [0, 0.1) is 5.82 Å². The molecule has 1 heterocycles. The largest absolute Gasteiger partial charge is 0.416 e. The highest BCUT2D eigenvalue weighted by Gasteiger charge is 2.31. The first-order chi connectivity index (χ1) is 13.4. The molecule has 2 N–H and O–H groups in total. The lowest BCUT2D eigenvalue weighted by molar-refractivity contribution is -0.137. The van der Waals surface area contributed by atoms with Crippen LogP contribution >= 0.6 is 0 Å². The molecule has 1 aromatic carbocycles. The predicted molar refractivity (Wildman–Crippen MR) is 101 cm³/mol. The minimum absolute atomic E-state index is 0.0221. The fraction of sp³-hybridized carbons (Fsp3) is 0.429. The van der Waals surface area contributed by atoms with Crippen molar-refractivity contribution >= 4 is 5.91 Å². The Balaban J connectivity index is 2.07. The molecule has 0 aliphatic rings. The number of nitrogens with zero attached hydrogens (tertiary/aromatic N) is 1. The first kappa shape index (κ1) is 22.8. The van der Waals surface area contributed by atoms with Gasteiger partial charge in [0.25, 0.3) is 5.91 Å². The highest BCUT2D eigenvalue weighted by molar-refractivity contribution is 5.95. The summed E-state index contributed by atoms with van der Waals surface area (Å²) in [5.74, 6) is -1.09. The minimum Gasteiger partial charge on any atom is -0.393 e. The summed E-state index contributed by atoms with van der Waals surface area (Å²) in [6.45, 7) is 5.50. The molecule has 2 aromatic rings. The highest BCUT2D eigenvalue weighted by Crippen LogP contribution is 2.30. The van der Waals surface area contributed by atoms with Crippen molar-refractivity contribution in [3.05, 3.63) is 64.7 Å². The molecule has 2 rings (SSSR count). The third-order valence-corrected chi connectivity index (χ3v) is 4.17. The molecule has 0 fully saturated rings. The Morgan fingerprint density at radius 3 is 2.52 bits per heavy atom. The topological polar surface area (TPSA) is 62.2 Å². The summed E-state index contributed by atoms with van der Waals surface area (Å²) in [6.07, 6.45) is -4.11. The summed E-state index contributed by atoms with van der Waals surface area (Å²) < 4.78 is 52.3. The maximum Gasteiger partial charge on any atom is 0.416 e. The van der Waals surface area contributed by atoms with Gasteiger partial charge >= 0.3 is 6.18 Å². The zero-order valence-electron chi connectivity index (χ0n) is 16.5. The van der Waals surface area contributed by atoms with Crippen molar-refractivity contribution in [1.82, 2.24) is 10.3 Å². The number of alkyl halides is 3. The van der Waals surface area contributed by atoms with Crippen LogP contribution in [0.15, 0.2) is 36.5 Å². The molecule has 0 aliphatic heterocycles. The lowest BCUT2D eigenvalue weighted by atomic mass is 9.99. The van der Waals surface area contributed by atoms with Crippen molar-refractivity contribution in [2.75, 3.05) is 0 Å². The van der Waals surface area contributed by atoms with Gasteiger partial charge in [-0.05, 0) is 69.5 Å². The van der Waals surface area contributed by atoms with Crippen LogP contribution < -0.4 is 5.32 Å². The predicted octanol–water partition coefficient (Wildman–Crippen LogP) is 4.30. The van der Waals surface area contributed by atoms with Gasteiger partial charge in [-0.25, -0.2) is 4.39 Å². The molecule has 158 valence electrons. The number of carbonyl (C=O) groups excluding carboxylic acids is 1. The van der Waals surface area contributed by atoms with Gasteiger partial charge in [-0.3, -0.25) is 9.78 Å². The van der Waals surface area contributed by atoms with Crippen molar-refractivity contribution in [1.29, 1.82) is 0 Å². The molecule has 0 spiro atoms. The van der Waals surface area contributed by atoms with Gasteiger partial charge in [0.2, 0.25) is 0 Å². The molecule has 8 heteroatoms. The van der Waals surface area contributed by atoms with E-state index in [-0.39, 0.29) is 30.7 Å². The lowest BCUT2D eigenvalue weighted by Crippen LogP contribution is -2.41. The summed E-state index contributed by atoms with van der Waals surface area (Å²) in [5.41, 5.74) is -0.832. The molecule has 1 atom stereocenters. The van der Waals surface area contributed by atoms with Gasteiger partial charge in [-0.2, -0.15) is 13.2 Å². The lowest BCUT2D eigenvalue weighted by Gasteiger charge is -2.21. The SMILES string of the molecule is CC(C)(C)NC(=O)c1cccnc1CC(O)CCc1cc(C(F)(F)F)ccc1F. The van der Waals surface area contributed by atoms with Gasteiger partial charge < -0.3 is 10.4 Å². The Kier molecular flexibility index (Phi) is 7.00. The van der Waals surface area contributed by atoms with Crippen molar-refractivity contribution in [3.8, 4) is 0 Å². The van der Waals surface area contributed by atoms with E-state index in [9.17, 15) is 27.5 Å². The number of amides is 1. The van der Waals surface area contributed by atoms with Crippen molar-refractivity contribution in [2.24, 2.45) is 0 Å². The number of nitrogens with one attached hydrogen (secondary N) is 1. The summed E-state index contributed by atoms with van der Waals surface area (Å²) >= 11 is 0. The number of aliphatic hydroxyl groups is 1. The quantitative estimate of drug-likeness (QED) is 0.696. The van der Waals surface area contributed by atoms with E-state index in [1.54, 1.807) is 12.1 Å². The van der Waals surface area contributed by atoms with E-state index in [1.165, 1.54) is 6.20 Å². The van der Waals surface area contributed by atoms with Gasteiger partial charge in [-0.1, -0.05) is 0 Å². The van der Waals surface area contributed by atoms with E-state index in [4.69, 9.17) is 0 Å². The van der Waals surface area contributed by atoms with Gasteiger partial charge in [0.05, 0.1) is 22.9 Å². The smallest absolute Gasteiger partial charge is 0.393 e. The van der Waals surface area contributed by atoms with E-state index in [0.29, 0.717) is 17.3 Å². The maximum absolute atomic E-state index is 13.8. The Bertz CT molecular complexity index is 860. The van der Waals surface area contributed by atoms with Gasteiger partial charge in [0.1, 0.15) is 5.82 Å². The zero-order valence-corrected chi connectivity index (χ0v) is 16.5. The van der Waals surface area contributed by atoms with Crippen LogP contribution in [0.4, 0.5) is 17.6 Å². The molecular formula is C21H24F4N2O2. The van der Waals surface area contributed by atoms with Crippen LogP contribution in [-0.4, -0.2) is 27.6 Å². The Hall–Kier alpha value is -2.48. The van der Waals surface area contributed by atoms with Crippen LogP contribution in [0.25, 0.3) is 0 Å². The number of carbonyl (C=O) groups is 1. The van der Waals surface area contributed by atoms with Crippen LogP contribution in [0.1, 0.15) is 54.4 Å². The molecule has 29 heavy (non-hydrogen) atoms. The number of halogens is 4. The number of pyridine rings is 1. The van der Waals surface area contributed by atoms with Gasteiger partial charge in [0.15, 0.2) is 0 Å². The highest BCUT2D eigenvalue weighted by atomic mass is 19.4. The van der Waals surface area contributed by atoms with Crippen molar-refractivity contribution in [3.63, 3.8) is 0 Å². The van der Waals surface area contributed by atoms with Crippen LogP contribution in [0.2, 0.25) is 0 Å².